The molecule has 0 aromatic heterocycles. The molecule has 5 rings (SSSR count). The van der Waals surface area contributed by atoms with Gasteiger partial charge >= 0.3 is 6.18 Å². The van der Waals surface area contributed by atoms with E-state index in [0.717, 1.165) is 54.9 Å². The number of benzene rings is 2. The van der Waals surface area contributed by atoms with Crippen LogP contribution in [0.5, 0.6) is 0 Å². The number of alkyl halides is 3. The van der Waals surface area contributed by atoms with Gasteiger partial charge in [-0.15, -0.1) is 0 Å². The highest BCUT2D eigenvalue weighted by atomic mass is 19.4. The minimum Gasteiger partial charge on any atom is -0.392 e. The van der Waals surface area contributed by atoms with Crippen molar-refractivity contribution in [3.8, 4) is 11.1 Å². The molecule has 37 heavy (non-hydrogen) atoms. The average Bonchev–Trinajstić information content (AvgIpc) is 3.31. The van der Waals surface area contributed by atoms with Gasteiger partial charge in [0.05, 0.1) is 11.5 Å². The lowest BCUT2D eigenvalue weighted by Gasteiger charge is -2.47. The molecule has 3 fully saturated rings. The van der Waals surface area contributed by atoms with Crippen molar-refractivity contribution in [1.82, 2.24) is 9.80 Å². The first-order chi connectivity index (χ1) is 17.7. The monoisotopic (exact) mass is 517 g/mol. The van der Waals surface area contributed by atoms with E-state index < -0.39 is 17.8 Å². The summed E-state index contributed by atoms with van der Waals surface area (Å²) in [5, 5.41) is 23.8. The Balaban J connectivity index is 1.08. The van der Waals surface area contributed by atoms with Gasteiger partial charge in [0, 0.05) is 31.9 Å². The number of halogens is 3. The fourth-order valence-corrected chi connectivity index (χ4v) is 6.00. The number of β-amino-alcohol motifs (C(OH)–C–C–N with tert-alkyl or cyclic N) is 1. The zero-order chi connectivity index (χ0) is 26.0. The lowest BCUT2D eigenvalue weighted by molar-refractivity contribution is -0.256. The van der Waals surface area contributed by atoms with Crippen LogP contribution in [-0.2, 0) is 0 Å². The molecule has 0 amide bonds. The molecule has 0 radical (unpaired) electrons. The van der Waals surface area contributed by atoms with Crippen molar-refractivity contribution in [1.29, 1.82) is 0 Å². The SMILES string of the molecule is OC(c1ccc(-c2ccc(NCC3CCN(CC4(C(F)(F)F)CCC4)CC3)cc2)cc1)N1CC[C@H](O)C1. The van der Waals surface area contributed by atoms with Crippen molar-refractivity contribution in [3.63, 3.8) is 0 Å². The minimum absolute atomic E-state index is 0.166. The molecule has 2 aliphatic heterocycles. The molecular weight excluding hydrogens is 479 g/mol. The lowest BCUT2D eigenvalue weighted by Crippen LogP contribution is -2.53. The number of hydrogen-bond donors (Lipinski definition) is 3. The summed E-state index contributed by atoms with van der Waals surface area (Å²) >= 11 is 0. The molecule has 1 unspecified atom stereocenters. The lowest BCUT2D eigenvalue weighted by atomic mass is 9.67. The van der Waals surface area contributed by atoms with Crippen LogP contribution in [0.15, 0.2) is 48.5 Å². The maximum Gasteiger partial charge on any atom is 0.395 e. The topological polar surface area (TPSA) is 59.0 Å². The number of piperidine rings is 1. The summed E-state index contributed by atoms with van der Waals surface area (Å²) in [6, 6.07) is 16.1. The van der Waals surface area contributed by atoms with E-state index in [4.69, 9.17) is 0 Å². The Hall–Kier alpha value is -2.13. The second-order valence-electron chi connectivity index (χ2n) is 11.2. The third-order valence-electron chi connectivity index (χ3n) is 8.71. The Bertz CT molecular complexity index is 1020. The standard InChI is InChI=1S/C29H38F3N3O2/c30-29(31,32)28(13-1-14-28)20-34-15-10-21(11-16-34)18-33-25-8-6-23(7-9-25)22-2-4-24(5-3-22)27(37)35-17-12-26(36)19-35/h2-9,21,26-27,33,36-37H,1,10-20H2/t26-,27?/m0/s1. The van der Waals surface area contributed by atoms with Gasteiger partial charge in [-0.3, -0.25) is 4.90 Å². The van der Waals surface area contributed by atoms with Crippen LogP contribution in [0.4, 0.5) is 18.9 Å². The molecule has 2 heterocycles. The van der Waals surface area contributed by atoms with Crippen LogP contribution in [0.25, 0.3) is 11.1 Å². The molecule has 202 valence electrons. The van der Waals surface area contributed by atoms with Crippen LogP contribution in [0, 0.1) is 11.3 Å². The van der Waals surface area contributed by atoms with E-state index in [-0.39, 0.29) is 25.5 Å². The second kappa shape index (κ2) is 10.9. The molecule has 1 saturated carbocycles. The van der Waals surface area contributed by atoms with E-state index in [0.29, 0.717) is 31.8 Å². The number of anilines is 1. The summed E-state index contributed by atoms with van der Waals surface area (Å²) < 4.78 is 40.5. The van der Waals surface area contributed by atoms with Crippen molar-refractivity contribution < 1.29 is 23.4 Å². The van der Waals surface area contributed by atoms with E-state index in [1.165, 1.54) is 0 Å². The zero-order valence-corrected chi connectivity index (χ0v) is 21.3. The van der Waals surface area contributed by atoms with Crippen molar-refractivity contribution in [2.24, 2.45) is 11.3 Å². The maximum absolute atomic E-state index is 13.5. The quantitative estimate of drug-likeness (QED) is 0.446. The predicted molar refractivity (Wildman–Crippen MR) is 139 cm³/mol. The molecule has 0 bridgehead atoms. The van der Waals surface area contributed by atoms with Crippen LogP contribution >= 0.6 is 0 Å². The average molecular weight is 518 g/mol. The van der Waals surface area contributed by atoms with Gasteiger partial charge in [-0.25, -0.2) is 0 Å². The zero-order valence-electron chi connectivity index (χ0n) is 21.3. The Kier molecular flexibility index (Phi) is 7.82. The summed E-state index contributed by atoms with van der Waals surface area (Å²) in [7, 11) is 0. The summed E-state index contributed by atoms with van der Waals surface area (Å²) in [4.78, 5) is 3.91. The number of nitrogens with zero attached hydrogens (tertiary/aromatic N) is 2. The summed E-state index contributed by atoms with van der Waals surface area (Å²) in [6.45, 7) is 3.67. The van der Waals surface area contributed by atoms with E-state index in [1.54, 1.807) is 0 Å². The molecule has 8 heteroatoms. The van der Waals surface area contributed by atoms with Crippen molar-refractivity contribution in [2.75, 3.05) is 44.6 Å². The van der Waals surface area contributed by atoms with Gasteiger partial charge < -0.3 is 20.4 Å². The van der Waals surface area contributed by atoms with Crippen LogP contribution < -0.4 is 5.32 Å². The Morgan fingerprint density at radius 1 is 0.919 bits per heavy atom. The first-order valence-corrected chi connectivity index (χ1v) is 13.6. The van der Waals surface area contributed by atoms with Gasteiger partial charge in [-0.1, -0.05) is 42.8 Å². The Labute approximate surface area is 217 Å². The number of aliphatic hydroxyl groups excluding tert-OH is 2. The molecular formula is C29H38F3N3O2. The third kappa shape index (κ3) is 5.98. The van der Waals surface area contributed by atoms with Gasteiger partial charge in [0.1, 0.15) is 6.23 Å². The largest absolute Gasteiger partial charge is 0.395 e. The maximum atomic E-state index is 13.5. The highest BCUT2D eigenvalue weighted by Gasteiger charge is 2.58. The summed E-state index contributed by atoms with van der Waals surface area (Å²) in [5.74, 6) is 0.467. The highest BCUT2D eigenvalue weighted by molar-refractivity contribution is 5.66. The molecule has 3 N–H and O–H groups in total. The number of nitrogens with one attached hydrogen (secondary N) is 1. The molecule has 2 saturated heterocycles. The van der Waals surface area contributed by atoms with Crippen molar-refractivity contribution in [3.05, 3.63) is 54.1 Å². The van der Waals surface area contributed by atoms with Crippen LogP contribution in [0.2, 0.25) is 0 Å². The van der Waals surface area contributed by atoms with Gasteiger partial charge in [-0.2, -0.15) is 13.2 Å². The van der Waals surface area contributed by atoms with Gasteiger partial charge in [0.2, 0.25) is 0 Å². The molecule has 2 aromatic carbocycles. The predicted octanol–water partition coefficient (Wildman–Crippen LogP) is 5.27. The smallest absolute Gasteiger partial charge is 0.392 e. The van der Waals surface area contributed by atoms with E-state index >= 15 is 0 Å². The van der Waals surface area contributed by atoms with Gasteiger partial charge in [0.25, 0.3) is 0 Å². The van der Waals surface area contributed by atoms with Gasteiger partial charge in [0.15, 0.2) is 0 Å². The molecule has 5 nitrogen and oxygen atoms in total. The molecule has 2 aromatic rings. The first kappa shape index (κ1) is 26.5. The van der Waals surface area contributed by atoms with E-state index in [2.05, 4.69) is 29.6 Å². The molecule has 3 aliphatic rings. The summed E-state index contributed by atoms with van der Waals surface area (Å²) in [6.07, 6.45) is -1.36. The fourth-order valence-electron chi connectivity index (χ4n) is 6.00. The second-order valence-corrected chi connectivity index (χ2v) is 11.2. The van der Waals surface area contributed by atoms with E-state index in [9.17, 15) is 23.4 Å². The van der Waals surface area contributed by atoms with Crippen LogP contribution in [-0.4, -0.2) is 71.6 Å². The van der Waals surface area contributed by atoms with Crippen molar-refractivity contribution >= 4 is 5.69 Å². The van der Waals surface area contributed by atoms with Gasteiger partial charge in [-0.05, 0) is 79.9 Å². The minimum atomic E-state index is -4.09. The number of aliphatic hydroxyl groups is 2. The molecule has 2 atom stereocenters. The van der Waals surface area contributed by atoms with Crippen LogP contribution in [0.1, 0.15) is 50.3 Å². The Morgan fingerprint density at radius 3 is 2.05 bits per heavy atom. The molecule has 0 spiro atoms. The Morgan fingerprint density at radius 2 is 1.54 bits per heavy atom. The number of hydrogen-bond acceptors (Lipinski definition) is 5. The van der Waals surface area contributed by atoms with Crippen LogP contribution in [0.3, 0.4) is 0 Å². The normalized spacial score (nSPS) is 24.1. The highest BCUT2D eigenvalue weighted by Crippen LogP contribution is 2.53. The number of rotatable bonds is 8. The number of likely N-dealkylation sites (tertiary alicyclic amines) is 2. The summed E-state index contributed by atoms with van der Waals surface area (Å²) in [5.41, 5.74) is 2.56. The van der Waals surface area contributed by atoms with E-state index in [1.807, 2.05) is 34.1 Å². The fraction of sp³-hybridized carbons (Fsp3) is 0.586. The first-order valence-electron chi connectivity index (χ1n) is 13.6. The van der Waals surface area contributed by atoms with Crippen molar-refractivity contribution in [2.45, 2.75) is 57.0 Å². The molecule has 1 aliphatic carbocycles. The third-order valence-corrected chi connectivity index (χ3v) is 8.71.